The number of hydrogen-bond donors (Lipinski definition) is 0. The minimum absolute atomic E-state index is 0.387. The number of nitriles is 8. The molecule has 5 rings (SSSR count). The van der Waals surface area contributed by atoms with Gasteiger partial charge in [0, 0.05) is 45.2 Å². The van der Waals surface area contributed by atoms with Crippen LogP contribution in [0.1, 0.15) is 44.8 Å². The van der Waals surface area contributed by atoms with E-state index in [0.717, 1.165) is 12.3 Å². The summed E-state index contributed by atoms with van der Waals surface area (Å²) in [6.07, 6.45) is 0.785. The van der Waals surface area contributed by atoms with Gasteiger partial charge in [0.2, 0.25) is 11.8 Å². The number of hydrogen-bond acceptors (Lipinski definition) is 10. The van der Waals surface area contributed by atoms with E-state index < -0.39 is 107 Å². The first kappa shape index (κ1) is 29.6. The second-order valence-electron chi connectivity index (χ2n) is 9.14. The maximum absolute atomic E-state index is 16.8. The molecule has 0 atom stereocenters. The van der Waals surface area contributed by atoms with Crippen LogP contribution in [-0.2, 0) is 0 Å². The van der Waals surface area contributed by atoms with Gasteiger partial charge in [-0.15, -0.1) is 0 Å². The average Bonchev–Trinajstić information content (AvgIpc) is 3.56. The Bertz CT molecular complexity index is 2470. The minimum Gasteiger partial charge on any atom is -0.227 e. The van der Waals surface area contributed by atoms with Gasteiger partial charge in [-0.2, -0.15) is 51.5 Å². The van der Waals surface area contributed by atoms with E-state index in [1.807, 2.05) is 0 Å². The topological polar surface area (TPSA) is 216 Å². The van der Waals surface area contributed by atoms with Gasteiger partial charge in [0.25, 0.3) is 0 Å². The lowest BCUT2D eigenvalue weighted by Crippen LogP contribution is -2.01. The lowest BCUT2D eigenvalue weighted by molar-refractivity contribution is 0.573. The second-order valence-corrected chi connectivity index (χ2v) is 9.14. The van der Waals surface area contributed by atoms with Gasteiger partial charge in [0.1, 0.15) is 77.2 Å². The Morgan fingerprint density at radius 3 is 1.52 bits per heavy atom. The standard InChI is InChI=1S/C32H4F4N10/c33-22-3-16(23(34)1-13(22)4-37)27-19(9-42)29-17(25(27)14(5-38)6-39)2-18-26(15(7-40)8-41)28(20(10-43)30(18)31(29)35)21-12-45-24(11-44)46-32(21)36/h1-3,12H. The predicted molar refractivity (Wildman–Crippen MR) is 145 cm³/mol. The van der Waals surface area contributed by atoms with Crippen molar-refractivity contribution in [3.63, 3.8) is 0 Å². The highest BCUT2D eigenvalue weighted by Gasteiger charge is 2.42. The van der Waals surface area contributed by atoms with Gasteiger partial charge in [0.15, 0.2) is 0 Å². The maximum atomic E-state index is 16.8. The van der Waals surface area contributed by atoms with Crippen molar-refractivity contribution in [2.24, 2.45) is 0 Å². The van der Waals surface area contributed by atoms with Crippen LogP contribution < -0.4 is 0 Å². The summed E-state index contributed by atoms with van der Waals surface area (Å²) in [5.74, 6) is -5.85. The van der Waals surface area contributed by atoms with Crippen molar-refractivity contribution in [3.05, 3.63) is 104 Å². The Kier molecular flexibility index (Phi) is 7.13. The summed E-state index contributed by atoms with van der Waals surface area (Å²) in [6, 6.07) is 14.7. The molecule has 0 N–H and O–H groups in total. The molecule has 14 heteroatoms. The van der Waals surface area contributed by atoms with E-state index in [2.05, 4.69) is 9.97 Å². The SMILES string of the molecule is N#CC(C#N)=C1C(c2cc(F)c(C#N)cc2F)=C(C#N)c2c1cc1c(c2F)C(C#N)=C(c2cnc(C#N)nc2F)C1=C(C#N)C#N. The van der Waals surface area contributed by atoms with Crippen molar-refractivity contribution in [3.8, 4) is 48.6 Å². The molecule has 3 aromatic rings. The molecule has 0 spiro atoms. The van der Waals surface area contributed by atoms with Gasteiger partial charge in [-0.05, 0) is 29.3 Å². The zero-order valence-corrected chi connectivity index (χ0v) is 22.3. The molecule has 1 heterocycles. The third-order valence-electron chi connectivity index (χ3n) is 7.03. The van der Waals surface area contributed by atoms with Crippen LogP contribution in [0.25, 0.3) is 33.4 Å². The van der Waals surface area contributed by atoms with Crippen LogP contribution in [0.4, 0.5) is 17.6 Å². The van der Waals surface area contributed by atoms with E-state index >= 15 is 13.2 Å². The molecule has 0 amide bonds. The number of allylic oxidation sites excluding steroid dienone is 8. The molecule has 0 radical (unpaired) electrons. The molecular weight excluding hydrogens is 600 g/mol. The Balaban J connectivity index is 2.01. The minimum atomic E-state index is -1.38. The smallest absolute Gasteiger partial charge is 0.227 e. The monoisotopic (exact) mass is 604 g/mol. The largest absolute Gasteiger partial charge is 0.234 e. The quantitative estimate of drug-likeness (QED) is 0.209. The summed E-state index contributed by atoms with van der Waals surface area (Å²) in [6.45, 7) is 0. The summed E-state index contributed by atoms with van der Waals surface area (Å²) >= 11 is 0. The summed E-state index contributed by atoms with van der Waals surface area (Å²) in [5.41, 5.74) is -9.07. The molecule has 0 unspecified atom stereocenters. The molecule has 0 saturated carbocycles. The zero-order chi connectivity index (χ0) is 33.4. The van der Waals surface area contributed by atoms with Gasteiger partial charge in [-0.1, -0.05) is 0 Å². The van der Waals surface area contributed by atoms with Crippen molar-refractivity contribution >= 4 is 33.4 Å². The van der Waals surface area contributed by atoms with Crippen molar-refractivity contribution in [2.45, 2.75) is 0 Å². The Hall–Kier alpha value is -7.88. The van der Waals surface area contributed by atoms with Crippen LogP contribution in [0, 0.1) is 114 Å². The van der Waals surface area contributed by atoms with E-state index in [1.54, 1.807) is 36.4 Å². The van der Waals surface area contributed by atoms with Crippen LogP contribution in [0.3, 0.4) is 0 Å². The highest BCUT2D eigenvalue weighted by Crippen LogP contribution is 2.56. The van der Waals surface area contributed by atoms with E-state index in [-0.39, 0.29) is 5.56 Å². The maximum Gasteiger partial charge on any atom is 0.234 e. The normalized spacial score (nSPS) is 12.3. The summed E-state index contributed by atoms with van der Waals surface area (Å²) in [4.78, 5) is 7.04. The third-order valence-corrected chi connectivity index (χ3v) is 7.03. The molecule has 2 aromatic carbocycles. The lowest BCUT2D eigenvalue weighted by Gasteiger charge is -2.13. The molecule has 210 valence electrons. The van der Waals surface area contributed by atoms with Crippen molar-refractivity contribution in [1.82, 2.24) is 9.97 Å². The van der Waals surface area contributed by atoms with Crippen LogP contribution in [-0.4, -0.2) is 9.97 Å². The van der Waals surface area contributed by atoms with Gasteiger partial charge >= 0.3 is 0 Å². The molecule has 46 heavy (non-hydrogen) atoms. The first-order valence-electron chi connectivity index (χ1n) is 12.2. The fraction of sp³-hybridized carbons (Fsp3) is 0. The third kappa shape index (κ3) is 4.03. The first-order chi connectivity index (χ1) is 22.1. The van der Waals surface area contributed by atoms with Crippen LogP contribution >= 0.6 is 0 Å². The zero-order valence-electron chi connectivity index (χ0n) is 22.3. The molecule has 1 aromatic heterocycles. The fourth-order valence-corrected chi connectivity index (χ4v) is 5.26. The predicted octanol–water partition coefficient (Wildman–Crippen LogP) is 5.27. The Labute approximate surface area is 255 Å². The summed E-state index contributed by atoms with van der Waals surface area (Å²) in [7, 11) is 0. The van der Waals surface area contributed by atoms with Gasteiger partial charge in [0.05, 0.1) is 22.3 Å². The fourth-order valence-electron chi connectivity index (χ4n) is 5.26. The summed E-state index contributed by atoms with van der Waals surface area (Å²) < 4.78 is 62.1. The van der Waals surface area contributed by atoms with Crippen LogP contribution in [0.2, 0.25) is 0 Å². The van der Waals surface area contributed by atoms with E-state index in [9.17, 15) is 36.0 Å². The Morgan fingerprint density at radius 1 is 0.565 bits per heavy atom. The molecule has 2 aliphatic carbocycles. The van der Waals surface area contributed by atoms with Crippen LogP contribution in [0.15, 0.2) is 35.5 Å². The Morgan fingerprint density at radius 2 is 1.09 bits per heavy atom. The number of fused-ring (bicyclic) bond motifs is 2. The van der Waals surface area contributed by atoms with E-state index in [0.29, 0.717) is 12.1 Å². The number of benzene rings is 2. The summed E-state index contributed by atoms with van der Waals surface area (Å²) in [5, 5.41) is 77.7. The lowest BCUT2D eigenvalue weighted by atomic mass is 9.89. The van der Waals surface area contributed by atoms with Gasteiger partial charge in [-0.3, -0.25) is 0 Å². The molecular formula is C32H4F4N10. The number of halogens is 4. The van der Waals surface area contributed by atoms with Crippen LogP contribution in [0.5, 0.6) is 0 Å². The first-order valence-corrected chi connectivity index (χ1v) is 12.2. The van der Waals surface area contributed by atoms with Crippen molar-refractivity contribution in [2.75, 3.05) is 0 Å². The van der Waals surface area contributed by atoms with Crippen molar-refractivity contribution < 1.29 is 17.6 Å². The number of rotatable bonds is 2. The molecule has 10 nitrogen and oxygen atoms in total. The van der Waals surface area contributed by atoms with Gasteiger partial charge in [-0.25, -0.2) is 18.2 Å². The molecule has 2 aliphatic rings. The molecule has 0 aliphatic heterocycles. The highest BCUT2D eigenvalue weighted by atomic mass is 19.1. The molecule has 0 bridgehead atoms. The van der Waals surface area contributed by atoms with E-state index in [4.69, 9.17) is 10.5 Å². The average molecular weight is 604 g/mol. The van der Waals surface area contributed by atoms with Gasteiger partial charge < -0.3 is 0 Å². The van der Waals surface area contributed by atoms with Crippen molar-refractivity contribution in [1.29, 1.82) is 42.1 Å². The number of aromatic nitrogens is 2. The number of nitrogens with zero attached hydrogens (tertiary/aromatic N) is 10. The molecule has 0 saturated heterocycles. The van der Waals surface area contributed by atoms with E-state index in [1.165, 1.54) is 12.1 Å². The highest BCUT2D eigenvalue weighted by molar-refractivity contribution is 6.30. The second kappa shape index (κ2) is 11.1. The molecule has 0 fully saturated rings.